The Balaban J connectivity index is 3.89. The van der Waals surface area contributed by atoms with Crippen LogP contribution >= 0.6 is 0 Å². The third-order valence-corrected chi connectivity index (χ3v) is 2.35. The first kappa shape index (κ1) is 14.4. The molecule has 15 heavy (non-hydrogen) atoms. The largest absolute Gasteiger partial charge is 0.468 e. The average Bonchev–Trinajstić information content (AvgIpc) is 2.21. The summed E-state index contributed by atoms with van der Waals surface area (Å²) in [5.74, 6) is 0.426. The Bertz CT molecular complexity index is 169. The van der Waals surface area contributed by atoms with Gasteiger partial charge in [0.15, 0.2) is 0 Å². The lowest BCUT2D eigenvalue weighted by Gasteiger charge is -2.17. The van der Waals surface area contributed by atoms with Crippen molar-refractivity contribution in [3.63, 3.8) is 0 Å². The van der Waals surface area contributed by atoms with Gasteiger partial charge >= 0.3 is 5.97 Å². The molecule has 0 aliphatic carbocycles. The van der Waals surface area contributed by atoms with E-state index in [1.165, 1.54) is 20.0 Å². The van der Waals surface area contributed by atoms with E-state index in [2.05, 4.69) is 26.1 Å². The van der Waals surface area contributed by atoms with Gasteiger partial charge in [0.2, 0.25) is 0 Å². The fraction of sp³-hybridized carbons (Fsp3) is 0.917. The number of hydrogen-bond acceptors (Lipinski definition) is 3. The van der Waals surface area contributed by atoms with Crippen LogP contribution in [0.4, 0.5) is 0 Å². The molecule has 0 spiro atoms. The maximum absolute atomic E-state index is 11.4. The van der Waals surface area contributed by atoms with Crippen LogP contribution in [0.25, 0.3) is 0 Å². The predicted octanol–water partition coefficient (Wildman–Crippen LogP) is 2.35. The smallest absolute Gasteiger partial charge is 0.322 e. The third-order valence-electron chi connectivity index (χ3n) is 2.35. The van der Waals surface area contributed by atoms with Crippen LogP contribution in [-0.2, 0) is 9.53 Å². The second-order valence-corrected chi connectivity index (χ2v) is 4.37. The molecule has 0 saturated heterocycles. The summed E-state index contributed by atoms with van der Waals surface area (Å²) in [6, 6.07) is -0.121. The fourth-order valence-electron chi connectivity index (χ4n) is 1.42. The molecular weight excluding hydrogens is 190 g/mol. The van der Waals surface area contributed by atoms with Gasteiger partial charge in [-0.25, -0.2) is 0 Å². The van der Waals surface area contributed by atoms with Crippen LogP contribution in [0.5, 0.6) is 0 Å². The number of nitrogens with one attached hydrogen (secondary N) is 1. The predicted molar refractivity (Wildman–Crippen MR) is 62.8 cm³/mol. The summed E-state index contributed by atoms with van der Waals surface area (Å²) >= 11 is 0. The van der Waals surface area contributed by atoms with E-state index in [1.807, 2.05) is 0 Å². The maximum Gasteiger partial charge on any atom is 0.322 e. The summed E-state index contributed by atoms with van der Waals surface area (Å²) in [6.45, 7) is 7.29. The Hall–Kier alpha value is -0.570. The van der Waals surface area contributed by atoms with Crippen molar-refractivity contribution in [2.24, 2.45) is 5.92 Å². The molecule has 0 saturated carbocycles. The van der Waals surface area contributed by atoms with Gasteiger partial charge in [-0.3, -0.25) is 4.79 Å². The monoisotopic (exact) mass is 215 g/mol. The van der Waals surface area contributed by atoms with Crippen LogP contribution in [0.15, 0.2) is 0 Å². The summed E-state index contributed by atoms with van der Waals surface area (Å²) < 4.78 is 4.77. The number of hydrogen-bond donors (Lipinski definition) is 1. The zero-order chi connectivity index (χ0) is 11.7. The first-order chi connectivity index (χ1) is 7.11. The Labute approximate surface area is 93.6 Å². The first-order valence-electron chi connectivity index (χ1n) is 5.93. The third kappa shape index (κ3) is 7.37. The van der Waals surface area contributed by atoms with E-state index in [4.69, 9.17) is 4.74 Å². The number of methoxy groups -OCH3 is 1. The Morgan fingerprint density at radius 3 is 2.47 bits per heavy atom. The molecule has 0 unspecified atom stereocenters. The molecule has 3 heteroatoms. The van der Waals surface area contributed by atoms with Gasteiger partial charge in [0.1, 0.15) is 6.04 Å². The first-order valence-corrected chi connectivity index (χ1v) is 5.93. The molecule has 1 atom stereocenters. The molecule has 0 radical (unpaired) electrons. The number of ether oxygens (including phenoxy) is 1. The van der Waals surface area contributed by atoms with Crippen molar-refractivity contribution in [1.29, 1.82) is 0 Å². The van der Waals surface area contributed by atoms with Crippen molar-refractivity contribution in [3.05, 3.63) is 0 Å². The molecule has 0 aliphatic rings. The van der Waals surface area contributed by atoms with E-state index < -0.39 is 0 Å². The summed E-state index contributed by atoms with van der Waals surface area (Å²) in [6.07, 6.45) is 4.32. The van der Waals surface area contributed by atoms with Crippen LogP contribution < -0.4 is 5.32 Å². The molecule has 0 aromatic rings. The van der Waals surface area contributed by atoms with Crippen molar-refractivity contribution in [3.8, 4) is 0 Å². The van der Waals surface area contributed by atoms with Gasteiger partial charge in [0.05, 0.1) is 7.11 Å². The van der Waals surface area contributed by atoms with Gasteiger partial charge in [0.25, 0.3) is 0 Å². The molecule has 1 N–H and O–H groups in total. The average molecular weight is 215 g/mol. The van der Waals surface area contributed by atoms with Gasteiger partial charge in [-0.1, -0.05) is 40.0 Å². The van der Waals surface area contributed by atoms with Gasteiger partial charge < -0.3 is 10.1 Å². The van der Waals surface area contributed by atoms with Crippen molar-refractivity contribution in [1.82, 2.24) is 5.32 Å². The van der Waals surface area contributed by atoms with Crippen LogP contribution in [0.1, 0.15) is 46.5 Å². The van der Waals surface area contributed by atoms with Gasteiger partial charge in [-0.05, 0) is 18.9 Å². The lowest BCUT2D eigenvalue weighted by Crippen LogP contribution is -2.39. The highest BCUT2D eigenvalue weighted by Crippen LogP contribution is 2.05. The molecule has 90 valence electrons. The minimum Gasteiger partial charge on any atom is -0.468 e. The van der Waals surface area contributed by atoms with Gasteiger partial charge in [0, 0.05) is 0 Å². The van der Waals surface area contributed by atoms with Crippen molar-refractivity contribution in [2.45, 2.75) is 52.5 Å². The highest BCUT2D eigenvalue weighted by Gasteiger charge is 2.17. The fourth-order valence-corrected chi connectivity index (χ4v) is 1.42. The Morgan fingerprint density at radius 2 is 2.00 bits per heavy atom. The number of unbranched alkanes of at least 4 members (excludes halogenated alkanes) is 2. The molecule has 0 rings (SSSR count). The molecule has 0 aromatic carbocycles. The number of rotatable bonds is 8. The minimum absolute atomic E-state index is 0.121. The number of esters is 1. The number of carbonyl (C=O) groups is 1. The van der Waals surface area contributed by atoms with Crippen molar-refractivity contribution in [2.75, 3.05) is 13.7 Å². The maximum atomic E-state index is 11.4. The quantitative estimate of drug-likeness (QED) is 0.499. The second-order valence-electron chi connectivity index (χ2n) is 4.37. The van der Waals surface area contributed by atoms with Gasteiger partial charge in [-0.15, -0.1) is 0 Å². The molecule has 0 amide bonds. The van der Waals surface area contributed by atoms with Crippen LogP contribution in [0.2, 0.25) is 0 Å². The van der Waals surface area contributed by atoms with Crippen molar-refractivity contribution >= 4 is 5.97 Å². The second kappa shape index (κ2) is 8.72. The topological polar surface area (TPSA) is 38.3 Å². The SMILES string of the molecule is CCCCC[C@H](NCC(C)C)C(=O)OC. The van der Waals surface area contributed by atoms with E-state index in [0.29, 0.717) is 5.92 Å². The van der Waals surface area contributed by atoms with Crippen LogP contribution in [0, 0.1) is 5.92 Å². The van der Waals surface area contributed by atoms with Crippen LogP contribution in [0.3, 0.4) is 0 Å². The van der Waals surface area contributed by atoms with E-state index in [-0.39, 0.29) is 12.0 Å². The molecule has 0 heterocycles. The Kier molecular flexibility index (Phi) is 8.38. The summed E-state index contributed by atoms with van der Waals surface area (Å²) in [5.41, 5.74) is 0. The Morgan fingerprint density at radius 1 is 1.33 bits per heavy atom. The van der Waals surface area contributed by atoms with Crippen molar-refractivity contribution < 1.29 is 9.53 Å². The minimum atomic E-state index is -0.133. The highest BCUT2D eigenvalue weighted by molar-refractivity contribution is 5.75. The summed E-state index contributed by atoms with van der Waals surface area (Å²) in [5, 5.41) is 3.25. The molecule has 3 nitrogen and oxygen atoms in total. The summed E-state index contributed by atoms with van der Waals surface area (Å²) in [7, 11) is 1.45. The van der Waals surface area contributed by atoms with Crippen LogP contribution in [-0.4, -0.2) is 25.7 Å². The van der Waals surface area contributed by atoms with E-state index in [9.17, 15) is 4.79 Å². The van der Waals surface area contributed by atoms with Gasteiger partial charge in [-0.2, -0.15) is 0 Å². The lowest BCUT2D eigenvalue weighted by molar-refractivity contribution is -0.143. The lowest BCUT2D eigenvalue weighted by atomic mass is 10.1. The number of carbonyl (C=O) groups excluding carboxylic acids is 1. The molecule has 0 bridgehead atoms. The molecule has 0 aromatic heterocycles. The molecule has 0 fully saturated rings. The van der Waals surface area contributed by atoms with E-state index in [0.717, 1.165) is 19.4 Å². The summed E-state index contributed by atoms with van der Waals surface area (Å²) in [4.78, 5) is 11.4. The zero-order valence-corrected chi connectivity index (χ0v) is 10.5. The standard InChI is InChI=1S/C12H25NO2/c1-5-6-7-8-11(12(14)15-4)13-9-10(2)3/h10-11,13H,5-9H2,1-4H3/t11-/m0/s1. The normalized spacial score (nSPS) is 12.9. The highest BCUT2D eigenvalue weighted by atomic mass is 16.5. The molecule has 0 aliphatic heterocycles. The zero-order valence-electron chi connectivity index (χ0n) is 10.5. The van der Waals surface area contributed by atoms with E-state index in [1.54, 1.807) is 0 Å². The molecular formula is C12H25NO2. The van der Waals surface area contributed by atoms with E-state index >= 15 is 0 Å².